The monoisotopic (exact) mass is 320 g/mol. The van der Waals surface area contributed by atoms with Crippen LogP contribution < -0.4 is 0 Å². The van der Waals surface area contributed by atoms with Gasteiger partial charge >= 0.3 is 0 Å². The van der Waals surface area contributed by atoms with Crippen molar-refractivity contribution in [1.29, 1.82) is 0 Å². The minimum atomic E-state index is -0.667. The number of rotatable bonds is 4. The van der Waals surface area contributed by atoms with Gasteiger partial charge in [0, 0.05) is 23.7 Å². The number of ketones is 3. The summed E-state index contributed by atoms with van der Waals surface area (Å²) in [7, 11) is 0. The van der Waals surface area contributed by atoms with Gasteiger partial charge in [-0.25, -0.2) is 0 Å². The Bertz CT molecular complexity index is 519. The van der Waals surface area contributed by atoms with Gasteiger partial charge in [0.1, 0.15) is 5.78 Å². The van der Waals surface area contributed by atoms with E-state index < -0.39 is 11.3 Å². The molecule has 2 saturated carbocycles. The molecule has 0 aromatic carbocycles. The van der Waals surface area contributed by atoms with Crippen molar-refractivity contribution in [1.82, 2.24) is 0 Å². The van der Waals surface area contributed by atoms with Crippen LogP contribution in [0.3, 0.4) is 0 Å². The molecule has 0 radical (unpaired) electrons. The molecule has 0 amide bonds. The highest BCUT2D eigenvalue weighted by Crippen LogP contribution is 2.59. The fraction of sp³-hybridized carbons (Fsp3) is 0.850. The summed E-state index contributed by atoms with van der Waals surface area (Å²) in [5, 5.41) is 0. The first-order valence-corrected chi connectivity index (χ1v) is 9.18. The van der Waals surface area contributed by atoms with E-state index in [0.29, 0.717) is 12.8 Å². The van der Waals surface area contributed by atoms with Crippen molar-refractivity contribution >= 4 is 17.3 Å². The second-order valence-corrected chi connectivity index (χ2v) is 8.82. The molecule has 0 bridgehead atoms. The normalized spacial score (nSPS) is 37.8. The number of Topliss-reactive ketones (excluding diaryl/α,β-unsaturated/α-hetero) is 3. The molecule has 0 spiro atoms. The Hall–Kier alpha value is -0.990. The highest BCUT2D eigenvalue weighted by molar-refractivity contribution is 6.39. The molecule has 2 fully saturated rings. The Kier molecular flexibility index (Phi) is 4.90. The summed E-state index contributed by atoms with van der Waals surface area (Å²) in [5.74, 6) is -0.739. The second-order valence-electron chi connectivity index (χ2n) is 8.82. The average Bonchev–Trinajstić information content (AvgIpc) is 2.49. The smallest absolute Gasteiger partial charge is 0.202 e. The lowest BCUT2D eigenvalue weighted by atomic mass is 9.45. The van der Waals surface area contributed by atoms with E-state index in [0.717, 1.165) is 19.3 Å². The lowest BCUT2D eigenvalue weighted by Crippen LogP contribution is -2.59. The Balaban J connectivity index is 2.45. The fourth-order valence-electron chi connectivity index (χ4n) is 5.27. The van der Waals surface area contributed by atoms with Crippen LogP contribution in [0.25, 0.3) is 0 Å². The molecule has 0 aliphatic heterocycles. The Morgan fingerprint density at radius 1 is 1.22 bits per heavy atom. The number of fused-ring (bicyclic) bond motifs is 1. The van der Waals surface area contributed by atoms with Gasteiger partial charge in [-0.05, 0) is 42.9 Å². The summed E-state index contributed by atoms with van der Waals surface area (Å²) < 4.78 is 0. The van der Waals surface area contributed by atoms with Gasteiger partial charge in [-0.1, -0.05) is 41.5 Å². The van der Waals surface area contributed by atoms with Crippen molar-refractivity contribution < 1.29 is 14.4 Å². The van der Waals surface area contributed by atoms with Gasteiger partial charge in [0.15, 0.2) is 0 Å². The van der Waals surface area contributed by atoms with E-state index in [1.807, 2.05) is 27.7 Å². The van der Waals surface area contributed by atoms with Gasteiger partial charge in [-0.3, -0.25) is 14.4 Å². The van der Waals surface area contributed by atoms with E-state index in [1.165, 1.54) is 0 Å². The molecule has 2 aliphatic rings. The molecule has 0 unspecified atom stereocenters. The van der Waals surface area contributed by atoms with Crippen molar-refractivity contribution in [3.8, 4) is 0 Å². The standard InChI is InChI=1S/C20H32O3/c1-7-12(2)17(22)18(23)16-13(3)8-9-14-19(4,5)11-10-15(21)20(14,16)6/h12-14,16H,7-11H2,1-6H3/t12-,13+,14+,16-,20-/m1/s1. The minimum Gasteiger partial charge on any atom is -0.299 e. The third kappa shape index (κ3) is 2.81. The van der Waals surface area contributed by atoms with E-state index in [2.05, 4.69) is 13.8 Å². The molecule has 0 saturated heterocycles. The lowest BCUT2D eigenvalue weighted by Gasteiger charge is -2.57. The SMILES string of the molecule is CC[C@@H](C)C(=O)C(=O)[C@H]1[C@@H](C)CC[C@H]2C(C)(C)CCC(=O)[C@]12C. The Morgan fingerprint density at radius 2 is 1.83 bits per heavy atom. The molecule has 2 aliphatic carbocycles. The van der Waals surface area contributed by atoms with E-state index in [-0.39, 0.29) is 40.5 Å². The molecule has 0 aromatic rings. The summed E-state index contributed by atoms with van der Waals surface area (Å²) in [6, 6.07) is 0. The summed E-state index contributed by atoms with van der Waals surface area (Å²) in [4.78, 5) is 38.5. The van der Waals surface area contributed by atoms with Gasteiger partial charge in [0.05, 0.1) is 0 Å². The highest BCUT2D eigenvalue weighted by Gasteiger charge is 2.60. The third-order valence-electron chi connectivity index (χ3n) is 6.98. The van der Waals surface area contributed by atoms with E-state index in [9.17, 15) is 14.4 Å². The van der Waals surface area contributed by atoms with Gasteiger partial charge in [-0.15, -0.1) is 0 Å². The van der Waals surface area contributed by atoms with Crippen molar-refractivity contribution in [2.24, 2.45) is 34.5 Å². The first-order chi connectivity index (χ1) is 10.6. The van der Waals surface area contributed by atoms with Crippen molar-refractivity contribution in [3.63, 3.8) is 0 Å². The molecule has 23 heavy (non-hydrogen) atoms. The quantitative estimate of drug-likeness (QED) is 0.728. The van der Waals surface area contributed by atoms with Crippen LogP contribution in [0.4, 0.5) is 0 Å². The molecule has 3 heteroatoms. The number of hydrogen-bond donors (Lipinski definition) is 0. The molecule has 2 rings (SSSR count). The number of carbonyl (C=O) groups is 3. The fourth-order valence-corrected chi connectivity index (χ4v) is 5.27. The largest absolute Gasteiger partial charge is 0.299 e. The van der Waals surface area contributed by atoms with E-state index in [1.54, 1.807) is 0 Å². The zero-order chi connectivity index (χ0) is 17.6. The Labute approximate surface area is 140 Å². The average molecular weight is 320 g/mol. The molecular formula is C20H32O3. The van der Waals surface area contributed by atoms with Gasteiger partial charge in [0.25, 0.3) is 0 Å². The zero-order valence-electron chi connectivity index (χ0n) is 15.6. The zero-order valence-corrected chi connectivity index (χ0v) is 15.6. The molecule has 0 aromatic heterocycles. The third-order valence-corrected chi connectivity index (χ3v) is 6.98. The summed E-state index contributed by atoms with van der Waals surface area (Å²) in [6.07, 6.45) is 4.01. The van der Waals surface area contributed by atoms with Crippen LogP contribution in [0.1, 0.15) is 73.6 Å². The number of carbonyl (C=O) groups excluding carboxylic acids is 3. The predicted molar refractivity (Wildman–Crippen MR) is 91.0 cm³/mol. The van der Waals surface area contributed by atoms with Gasteiger partial charge < -0.3 is 0 Å². The van der Waals surface area contributed by atoms with Crippen molar-refractivity contribution in [2.75, 3.05) is 0 Å². The molecule has 3 nitrogen and oxygen atoms in total. The summed E-state index contributed by atoms with van der Waals surface area (Å²) in [5.41, 5.74) is -0.611. The van der Waals surface area contributed by atoms with Crippen LogP contribution in [-0.2, 0) is 14.4 Å². The maximum Gasteiger partial charge on any atom is 0.202 e. The maximum absolute atomic E-state index is 13.0. The highest BCUT2D eigenvalue weighted by atomic mass is 16.2. The van der Waals surface area contributed by atoms with Crippen LogP contribution >= 0.6 is 0 Å². The van der Waals surface area contributed by atoms with Crippen LogP contribution in [-0.4, -0.2) is 17.3 Å². The second kappa shape index (κ2) is 6.14. The van der Waals surface area contributed by atoms with Gasteiger partial charge in [0.2, 0.25) is 11.6 Å². The first-order valence-electron chi connectivity index (χ1n) is 9.18. The predicted octanol–water partition coefficient (Wildman–Crippen LogP) is 4.23. The molecule has 5 atom stereocenters. The summed E-state index contributed by atoms with van der Waals surface area (Å²) >= 11 is 0. The first kappa shape index (κ1) is 18.4. The molecule has 0 N–H and O–H groups in total. The molecular weight excluding hydrogens is 288 g/mol. The lowest BCUT2D eigenvalue weighted by molar-refractivity contribution is -0.165. The van der Waals surface area contributed by atoms with Crippen molar-refractivity contribution in [3.05, 3.63) is 0 Å². The maximum atomic E-state index is 13.0. The topological polar surface area (TPSA) is 51.2 Å². The number of hydrogen-bond acceptors (Lipinski definition) is 3. The van der Waals surface area contributed by atoms with E-state index >= 15 is 0 Å². The van der Waals surface area contributed by atoms with Crippen LogP contribution in [0, 0.1) is 34.5 Å². The Morgan fingerprint density at radius 3 is 2.39 bits per heavy atom. The van der Waals surface area contributed by atoms with Crippen LogP contribution in [0.2, 0.25) is 0 Å². The minimum absolute atomic E-state index is 0.0563. The summed E-state index contributed by atoms with van der Waals surface area (Å²) in [6.45, 7) is 12.2. The van der Waals surface area contributed by atoms with E-state index in [4.69, 9.17) is 0 Å². The van der Waals surface area contributed by atoms with Crippen LogP contribution in [0.5, 0.6) is 0 Å². The molecule has 0 heterocycles. The van der Waals surface area contributed by atoms with Gasteiger partial charge in [-0.2, -0.15) is 0 Å². The molecule has 130 valence electrons. The van der Waals surface area contributed by atoms with Crippen LogP contribution in [0.15, 0.2) is 0 Å². The van der Waals surface area contributed by atoms with Crippen molar-refractivity contribution in [2.45, 2.75) is 73.6 Å².